The van der Waals surface area contributed by atoms with Crippen LogP contribution in [-0.4, -0.2) is 20.9 Å². The molecule has 0 aliphatic heterocycles. The molecule has 0 radical (unpaired) electrons. The van der Waals surface area contributed by atoms with Gasteiger partial charge in [-0.2, -0.15) is 0 Å². The Labute approximate surface area is 196 Å². The maximum absolute atomic E-state index is 12.4. The van der Waals surface area contributed by atoms with E-state index < -0.39 is 0 Å². The number of hydrogen-bond acceptors (Lipinski definition) is 3. The topological polar surface area (TPSA) is 70.7 Å². The van der Waals surface area contributed by atoms with Gasteiger partial charge in [0.15, 0.2) is 0 Å². The van der Waals surface area contributed by atoms with Gasteiger partial charge in [0.1, 0.15) is 0 Å². The van der Waals surface area contributed by atoms with E-state index >= 15 is 0 Å². The number of para-hydroxylation sites is 1. The number of nitrogens with one attached hydrogen (secondary N) is 2. The van der Waals surface area contributed by atoms with Gasteiger partial charge in [-0.05, 0) is 60.9 Å². The van der Waals surface area contributed by atoms with Gasteiger partial charge >= 0.3 is 0 Å². The fourth-order valence-corrected chi connectivity index (χ4v) is 4.28. The fourth-order valence-electron chi connectivity index (χ4n) is 4.11. The molecule has 6 heteroatoms. The van der Waals surface area contributed by atoms with E-state index in [1.165, 1.54) is 0 Å². The number of nitrogens with zero attached hydrogens (tertiary/aromatic N) is 2. The molecule has 0 aliphatic carbocycles. The number of pyridine rings is 2. The minimum Gasteiger partial charge on any atom is -0.353 e. The van der Waals surface area contributed by atoms with Gasteiger partial charge in [-0.1, -0.05) is 41.9 Å². The lowest BCUT2D eigenvalue weighted by Gasteiger charge is -2.07. The van der Waals surface area contributed by atoms with Crippen LogP contribution in [0.2, 0.25) is 5.02 Å². The third-order valence-corrected chi connectivity index (χ3v) is 5.98. The summed E-state index contributed by atoms with van der Waals surface area (Å²) in [7, 11) is 0. The summed E-state index contributed by atoms with van der Waals surface area (Å²) < 4.78 is 0. The number of aryl methyl sites for hydroxylation is 1. The van der Waals surface area contributed by atoms with E-state index in [9.17, 15) is 4.79 Å². The van der Waals surface area contributed by atoms with Crippen LogP contribution in [0.25, 0.3) is 33.2 Å². The predicted octanol–water partition coefficient (Wildman–Crippen LogP) is 6.07. The zero-order chi connectivity index (χ0) is 22.6. The van der Waals surface area contributed by atoms with Crippen LogP contribution < -0.4 is 5.32 Å². The molecule has 1 amide bonds. The van der Waals surface area contributed by atoms with Crippen LogP contribution in [0.5, 0.6) is 0 Å². The van der Waals surface area contributed by atoms with Gasteiger partial charge in [0, 0.05) is 33.9 Å². The minimum atomic E-state index is 0.0175. The molecule has 3 aromatic heterocycles. The van der Waals surface area contributed by atoms with Crippen LogP contribution in [0.1, 0.15) is 24.1 Å². The number of aromatic nitrogens is 3. The average Bonchev–Trinajstić information content (AvgIpc) is 3.20. The van der Waals surface area contributed by atoms with Gasteiger partial charge in [-0.15, -0.1) is 0 Å². The molecule has 5 aromatic rings. The van der Waals surface area contributed by atoms with E-state index in [2.05, 4.69) is 27.4 Å². The summed E-state index contributed by atoms with van der Waals surface area (Å²) >= 11 is 6.31. The quantitative estimate of drug-likeness (QED) is 0.313. The van der Waals surface area contributed by atoms with Crippen LogP contribution >= 0.6 is 11.6 Å². The van der Waals surface area contributed by atoms with Crippen LogP contribution in [0.3, 0.4) is 0 Å². The van der Waals surface area contributed by atoms with Gasteiger partial charge in [0.25, 0.3) is 0 Å². The number of rotatable bonds is 7. The average molecular weight is 455 g/mol. The van der Waals surface area contributed by atoms with Crippen molar-refractivity contribution in [3.8, 4) is 11.4 Å². The molecule has 5 nitrogen and oxygen atoms in total. The number of halogens is 1. The highest BCUT2D eigenvalue weighted by atomic mass is 35.5. The second-order valence-electron chi connectivity index (χ2n) is 8.01. The number of carbonyl (C=O) groups excluding carboxylic acids is 1. The molecule has 0 atom stereocenters. The van der Waals surface area contributed by atoms with Crippen LogP contribution in [0, 0.1) is 0 Å². The molecule has 2 aromatic carbocycles. The molecule has 0 spiro atoms. The van der Waals surface area contributed by atoms with Gasteiger partial charge < -0.3 is 10.3 Å². The Morgan fingerprint density at radius 1 is 1.00 bits per heavy atom. The van der Waals surface area contributed by atoms with E-state index in [-0.39, 0.29) is 5.91 Å². The molecule has 5 rings (SSSR count). The number of benzene rings is 2. The normalized spacial score (nSPS) is 11.2. The van der Waals surface area contributed by atoms with Crippen LogP contribution in [0.4, 0.5) is 0 Å². The van der Waals surface area contributed by atoms with Gasteiger partial charge in [-0.3, -0.25) is 9.78 Å². The highest BCUT2D eigenvalue weighted by molar-refractivity contribution is 6.31. The van der Waals surface area contributed by atoms with E-state index in [0.29, 0.717) is 24.4 Å². The predicted molar refractivity (Wildman–Crippen MR) is 133 cm³/mol. The number of carbonyl (C=O) groups is 1. The second kappa shape index (κ2) is 9.43. The van der Waals surface area contributed by atoms with Gasteiger partial charge in [0.05, 0.1) is 29.1 Å². The van der Waals surface area contributed by atoms with Crippen molar-refractivity contribution in [1.29, 1.82) is 0 Å². The molecule has 0 unspecified atom stereocenters. The number of H-pyrrole nitrogens is 1. The summed E-state index contributed by atoms with van der Waals surface area (Å²) in [4.78, 5) is 25.0. The summed E-state index contributed by atoms with van der Waals surface area (Å²) in [6, 6.07) is 23.7. The van der Waals surface area contributed by atoms with E-state index in [4.69, 9.17) is 16.6 Å². The summed E-state index contributed by atoms with van der Waals surface area (Å²) in [5.74, 6) is 0.0175. The first-order chi connectivity index (χ1) is 16.2. The van der Waals surface area contributed by atoms with Crippen molar-refractivity contribution in [3.63, 3.8) is 0 Å². The fraction of sp³-hybridized carbons (Fsp3) is 0.148. The Morgan fingerprint density at radius 3 is 2.76 bits per heavy atom. The van der Waals surface area contributed by atoms with Gasteiger partial charge in [-0.25, -0.2) is 4.98 Å². The molecular weight excluding hydrogens is 432 g/mol. The number of fused-ring (bicyclic) bond motifs is 2. The lowest BCUT2D eigenvalue weighted by molar-refractivity contribution is -0.121. The first-order valence-corrected chi connectivity index (χ1v) is 11.4. The highest BCUT2D eigenvalue weighted by Crippen LogP contribution is 2.33. The van der Waals surface area contributed by atoms with Crippen molar-refractivity contribution in [3.05, 3.63) is 95.3 Å². The smallest absolute Gasteiger partial charge is 0.220 e. The molecule has 2 N–H and O–H groups in total. The maximum atomic E-state index is 12.4. The Balaban J connectivity index is 1.37. The first kappa shape index (κ1) is 21.2. The summed E-state index contributed by atoms with van der Waals surface area (Å²) in [5.41, 5.74) is 5.81. The van der Waals surface area contributed by atoms with Crippen molar-refractivity contribution in [2.75, 3.05) is 0 Å². The third-order valence-electron chi connectivity index (χ3n) is 5.75. The minimum absolute atomic E-state index is 0.0175. The maximum Gasteiger partial charge on any atom is 0.220 e. The zero-order valence-corrected chi connectivity index (χ0v) is 18.8. The van der Waals surface area contributed by atoms with Crippen molar-refractivity contribution in [2.45, 2.75) is 25.8 Å². The Hall–Kier alpha value is -3.70. The molecule has 0 bridgehead atoms. The molecule has 3 heterocycles. The molecule has 0 saturated heterocycles. The first-order valence-electron chi connectivity index (χ1n) is 11.0. The number of aromatic amines is 1. The van der Waals surface area contributed by atoms with Crippen molar-refractivity contribution in [1.82, 2.24) is 20.3 Å². The van der Waals surface area contributed by atoms with Crippen molar-refractivity contribution < 1.29 is 4.79 Å². The number of hydrogen-bond donors (Lipinski definition) is 2. The second-order valence-corrected chi connectivity index (χ2v) is 8.45. The molecule has 164 valence electrons. The SMILES string of the molecule is O=C(CCCc1c(-c2ccc3ccccc3n2)[nH]c2ccc(Cl)cc12)NCc1ccccn1. The largest absolute Gasteiger partial charge is 0.353 e. The number of amides is 1. The summed E-state index contributed by atoms with van der Waals surface area (Å²) in [6.45, 7) is 0.439. The van der Waals surface area contributed by atoms with E-state index in [1.807, 2.05) is 60.7 Å². The van der Waals surface area contributed by atoms with Crippen LogP contribution in [0.15, 0.2) is 79.0 Å². The highest BCUT2D eigenvalue weighted by Gasteiger charge is 2.15. The standard InChI is InChI=1S/C27H23ClN4O/c28-19-12-14-24-22(16-19)21(8-5-10-26(33)30-17-20-7-3-4-15-29-20)27(32-24)25-13-11-18-6-1-2-9-23(18)31-25/h1-4,6-7,9,11-16,32H,5,8,10,17H2,(H,30,33). The van der Waals surface area contributed by atoms with E-state index in [0.717, 1.165) is 50.9 Å². The summed E-state index contributed by atoms with van der Waals surface area (Å²) in [5, 5.41) is 5.81. The zero-order valence-electron chi connectivity index (χ0n) is 18.0. The monoisotopic (exact) mass is 454 g/mol. The van der Waals surface area contributed by atoms with Gasteiger partial charge in [0.2, 0.25) is 5.91 Å². The van der Waals surface area contributed by atoms with Crippen LogP contribution in [-0.2, 0) is 17.8 Å². The van der Waals surface area contributed by atoms with E-state index in [1.54, 1.807) is 6.20 Å². The lowest BCUT2D eigenvalue weighted by Crippen LogP contribution is -2.23. The van der Waals surface area contributed by atoms with Crippen molar-refractivity contribution in [2.24, 2.45) is 0 Å². The Bertz CT molecular complexity index is 1430. The molecule has 0 aliphatic rings. The molecule has 0 saturated carbocycles. The molecule has 0 fully saturated rings. The lowest BCUT2D eigenvalue weighted by atomic mass is 10.0. The third kappa shape index (κ3) is 4.73. The molecular formula is C27H23ClN4O. The summed E-state index contributed by atoms with van der Waals surface area (Å²) in [6.07, 6.45) is 3.62. The Morgan fingerprint density at radius 2 is 1.88 bits per heavy atom. The Kier molecular flexibility index (Phi) is 6.05. The van der Waals surface area contributed by atoms with Crippen molar-refractivity contribution >= 4 is 39.3 Å². The molecule has 33 heavy (non-hydrogen) atoms.